The lowest BCUT2D eigenvalue weighted by atomic mass is 9.68. The average molecular weight is 430 g/mol. The topological polar surface area (TPSA) is 63.9 Å². The lowest BCUT2D eigenvalue weighted by Gasteiger charge is -2.45. The van der Waals surface area contributed by atoms with Crippen LogP contribution in [-0.4, -0.2) is 50.6 Å². The Morgan fingerprint density at radius 2 is 1.65 bits per heavy atom. The quantitative estimate of drug-likeness (QED) is 0.653. The number of benzene rings is 1. The highest BCUT2D eigenvalue weighted by Crippen LogP contribution is 2.54. The molecule has 3 N–H and O–H groups in total. The Morgan fingerprint density at radius 3 is 2.26 bits per heavy atom. The van der Waals surface area contributed by atoms with Gasteiger partial charge in [0.2, 0.25) is 0 Å². The molecule has 3 fully saturated rings. The summed E-state index contributed by atoms with van der Waals surface area (Å²) in [5, 5.41) is 33.4. The predicted octanol–water partition coefficient (Wildman–Crippen LogP) is 4.68. The smallest absolute Gasteiger partial charge is 0.0868 e. The summed E-state index contributed by atoms with van der Waals surface area (Å²) in [5.41, 5.74) is 0.512. The van der Waals surface area contributed by atoms with E-state index in [4.69, 9.17) is 0 Å². The fourth-order valence-electron chi connectivity index (χ4n) is 6.92. The lowest BCUT2D eigenvalue weighted by Crippen LogP contribution is -2.52. The van der Waals surface area contributed by atoms with Crippen molar-refractivity contribution in [3.63, 3.8) is 0 Å². The fourth-order valence-corrected chi connectivity index (χ4v) is 6.92. The Bertz CT molecular complexity index is 737. The minimum atomic E-state index is -0.720. The number of aliphatic hydroxyl groups is 3. The Hall–Kier alpha value is -0.940. The lowest BCUT2D eigenvalue weighted by molar-refractivity contribution is -0.0801. The van der Waals surface area contributed by atoms with E-state index in [1.165, 1.54) is 5.56 Å². The zero-order valence-electron chi connectivity index (χ0n) is 19.9. The Labute approximate surface area is 188 Å². The van der Waals surface area contributed by atoms with Crippen molar-refractivity contribution < 1.29 is 15.3 Å². The summed E-state index contributed by atoms with van der Waals surface area (Å²) in [5.74, 6) is 0.663. The standard InChI is InChI=1S/C27H43NO3/c1-25(2,3)20-13-15-27(31,16-14-20)18-28-21(19-9-6-5-7-10-19)17-26(4)23(28)12-8-11-22(29)24(26)30/h5-7,9-10,20-24,29-31H,8,11-18H2,1-4H3/t20?,21-,22-,23-,24-,26-,27?/m1/s1. The Morgan fingerprint density at radius 1 is 1.00 bits per heavy atom. The largest absolute Gasteiger partial charge is 0.390 e. The van der Waals surface area contributed by atoms with E-state index in [2.05, 4.69) is 56.9 Å². The first-order valence-corrected chi connectivity index (χ1v) is 12.4. The molecular weight excluding hydrogens is 386 g/mol. The van der Waals surface area contributed by atoms with Gasteiger partial charge in [-0.2, -0.15) is 0 Å². The number of nitrogens with zero attached hydrogens (tertiary/aromatic N) is 1. The molecule has 1 aromatic rings. The van der Waals surface area contributed by atoms with E-state index in [0.717, 1.165) is 44.9 Å². The first kappa shape index (κ1) is 23.2. The molecule has 0 radical (unpaired) electrons. The van der Waals surface area contributed by atoms with Crippen molar-refractivity contribution in [2.24, 2.45) is 16.7 Å². The minimum Gasteiger partial charge on any atom is -0.390 e. The van der Waals surface area contributed by atoms with Gasteiger partial charge in [0.1, 0.15) is 0 Å². The van der Waals surface area contributed by atoms with E-state index < -0.39 is 17.8 Å². The number of hydrogen-bond donors (Lipinski definition) is 3. The van der Waals surface area contributed by atoms with Crippen molar-refractivity contribution in [1.82, 2.24) is 4.90 Å². The van der Waals surface area contributed by atoms with E-state index in [1.54, 1.807) is 0 Å². The van der Waals surface area contributed by atoms with Crippen LogP contribution in [-0.2, 0) is 0 Å². The molecule has 4 rings (SSSR count). The molecule has 0 unspecified atom stereocenters. The third-order valence-corrected chi connectivity index (χ3v) is 9.01. The summed E-state index contributed by atoms with van der Waals surface area (Å²) in [6, 6.07) is 10.9. The van der Waals surface area contributed by atoms with E-state index in [0.29, 0.717) is 24.3 Å². The molecule has 1 aliphatic heterocycles. The van der Waals surface area contributed by atoms with Gasteiger partial charge in [0.25, 0.3) is 0 Å². The Balaban J connectivity index is 1.61. The molecule has 4 nitrogen and oxygen atoms in total. The van der Waals surface area contributed by atoms with Crippen LogP contribution < -0.4 is 0 Å². The van der Waals surface area contributed by atoms with Gasteiger partial charge in [-0.15, -0.1) is 0 Å². The zero-order chi connectivity index (χ0) is 22.4. The molecule has 2 saturated carbocycles. The highest BCUT2D eigenvalue weighted by atomic mass is 16.3. The van der Waals surface area contributed by atoms with Gasteiger partial charge in [0.05, 0.1) is 17.8 Å². The van der Waals surface area contributed by atoms with E-state index >= 15 is 0 Å². The van der Waals surface area contributed by atoms with Crippen LogP contribution in [0.2, 0.25) is 0 Å². The molecule has 31 heavy (non-hydrogen) atoms. The molecule has 174 valence electrons. The van der Waals surface area contributed by atoms with Gasteiger partial charge in [0.15, 0.2) is 0 Å². The molecule has 1 saturated heterocycles. The van der Waals surface area contributed by atoms with Gasteiger partial charge >= 0.3 is 0 Å². The predicted molar refractivity (Wildman–Crippen MR) is 125 cm³/mol. The number of aliphatic hydroxyl groups excluding tert-OH is 2. The van der Waals surface area contributed by atoms with Gasteiger partial charge in [-0.25, -0.2) is 0 Å². The second-order valence-electron chi connectivity index (χ2n) is 12.1. The minimum absolute atomic E-state index is 0.167. The van der Waals surface area contributed by atoms with Crippen molar-refractivity contribution in [2.45, 2.75) is 109 Å². The Kier molecular flexibility index (Phi) is 6.33. The molecule has 0 amide bonds. The maximum Gasteiger partial charge on any atom is 0.0868 e. The van der Waals surface area contributed by atoms with E-state index in [1.807, 2.05) is 6.07 Å². The normalized spacial score (nSPS) is 42.2. The van der Waals surface area contributed by atoms with Crippen LogP contribution >= 0.6 is 0 Å². The molecule has 0 aromatic heterocycles. The maximum absolute atomic E-state index is 11.7. The molecule has 4 heteroatoms. The van der Waals surface area contributed by atoms with Crippen molar-refractivity contribution in [3.05, 3.63) is 35.9 Å². The number of rotatable bonds is 3. The van der Waals surface area contributed by atoms with E-state index in [-0.39, 0.29) is 17.5 Å². The molecule has 1 heterocycles. The third-order valence-electron chi connectivity index (χ3n) is 9.01. The monoisotopic (exact) mass is 429 g/mol. The highest BCUT2D eigenvalue weighted by Gasteiger charge is 2.56. The summed E-state index contributed by atoms with van der Waals surface area (Å²) in [4.78, 5) is 2.51. The molecule has 0 spiro atoms. The first-order valence-electron chi connectivity index (χ1n) is 12.4. The van der Waals surface area contributed by atoms with Crippen LogP contribution in [0.25, 0.3) is 0 Å². The average Bonchev–Trinajstić information content (AvgIpc) is 2.94. The molecule has 3 aliphatic rings. The first-order chi connectivity index (χ1) is 14.5. The molecular formula is C27H43NO3. The van der Waals surface area contributed by atoms with Crippen LogP contribution in [0.4, 0.5) is 0 Å². The van der Waals surface area contributed by atoms with Crippen LogP contribution in [0.5, 0.6) is 0 Å². The van der Waals surface area contributed by atoms with E-state index in [9.17, 15) is 15.3 Å². The molecule has 5 atom stereocenters. The third kappa shape index (κ3) is 4.46. The maximum atomic E-state index is 11.7. The van der Waals surface area contributed by atoms with Crippen molar-refractivity contribution >= 4 is 0 Å². The SMILES string of the molecule is CC(C)(C)C1CCC(O)(CN2[C@@H](c3ccccc3)C[C@@]3(C)[C@H](O)[C@H](O)CCC[C@@H]23)CC1. The second kappa shape index (κ2) is 8.44. The summed E-state index contributed by atoms with van der Waals surface area (Å²) in [6.07, 6.45) is 5.84. The van der Waals surface area contributed by atoms with Crippen LogP contribution in [0.3, 0.4) is 0 Å². The number of hydrogen-bond acceptors (Lipinski definition) is 4. The number of likely N-dealkylation sites (tertiary alicyclic amines) is 1. The van der Waals surface area contributed by atoms with Crippen molar-refractivity contribution in [3.8, 4) is 0 Å². The molecule has 0 bridgehead atoms. The second-order valence-corrected chi connectivity index (χ2v) is 12.1. The summed E-state index contributed by atoms with van der Waals surface area (Å²) in [7, 11) is 0. The molecule has 1 aromatic carbocycles. The van der Waals surface area contributed by atoms with Crippen molar-refractivity contribution in [2.75, 3.05) is 6.54 Å². The van der Waals surface area contributed by atoms with Gasteiger partial charge in [-0.1, -0.05) is 58.0 Å². The van der Waals surface area contributed by atoms with Gasteiger partial charge < -0.3 is 15.3 Å². The van der Waals surface area contributed by atoms with Gasteiger partial charge in [0, 0.05) is 24.0 Å². The number of β-amino-alcohol motifs (C(OH)–C–C–N with tert-alkyl or cyclic N) is 1. The van der Waals surface area contributed by atoms with Crippen LogP contribution in [0, 0.1) is 16.7 Å². The summed E-state index contributed by atoms with van der Waals surface area (Å²) in [6.45, 7) is 9.77. The van der Waals surface area contributed by atoms with Crippen LogP contribution in [0.15, 0.2) is 30.3 Å². The van der Waals surface area contributed by atoms with Crippen LogP contribution in [0.1, 0.15) is 90.7 Å². The van der Waals surface area contributed by atoms with Crippen molar-refractivity contribution in [1.29, 1.82) is 0 Å². The summed E-state index contributed by atoms with van der Waals surface area (Å²) >= 11 is 0. The zero-order valence-corrected chi connectivity index (χ0v) is 19.9. The summed E-state index contributed by atoms with van der Waals surface area (Å²) < 4.78 is 0. The number of fused-ring (bicyclic) bond motifs is 1. The fraction of sp³-hybridized carbons (Fsp3) is 0.778. The van der Waals surface area contributed by atoms with Gasteiger partial charge in [-0.05, 0) is 68.3 Å². The van der Waals surface area contributed by atoms with Gasteiger partial charge in [-0.3, -0.25) is 4.90 Å². The molecule has 2 aliphatic carbocycles. The highest BCUT2D eigenvalue weighted by molar-refractivity contribution is 5.24.